The van der Waals surface area contributed by atoms with Gasteiger partial charge in [-0.2, -0.15) is 17.6 Å². The maximum Gasteiger partial charge on any atom is 0.353 e. The molecule has 0 aromatic carbocycles. The van der Waals surface area contributed by atoms with Gasteiger partial charge in [0.1, 0.15) is 0 Å². The highest BCUT2D eigenvalue weighted by Gasteiger charge is 2.98. The quantitative estimate of drug-likeness (QED) is 0.563. The van der Waals surface area contributed by atoms with Gasteiger partial charge in [-0.05, 0) is 6.42 Å². The van der Waals surface area contributed by atoms with Crippen LogP contribution in [-0.2, 0) is 0 Å². The molecule has 1 aliphatic carbocycles. The van der Waals surface area contributed by atoms with E-state index in [1.165, 1.54) is 6.92 Å². The Morgan fingerprint density at radius 3 is 1.45 bits per heavy atom. The Bertz CT molecular complexity index is 160. The Kier molecular flexibility index (Phi) is 1.49. The summed E-state index contributed by atoms with van der Waals surface area (Å²) in [6, 6.07) is 0. The van der Waals surface area contributed by atoms with Gasteiger partial charge in [-0.15, -0.1) is 0 Å². The predicted octanol–water partition coefficient (Wildman–Crippen LogP) is 2.59. The lowest BCUT2D eigenvalue weighted by Crippen LogP contribution is -2.13. The summed E-state index contributed by atoms with van der Waals surface area (Å²) < 4.78 is 60.5. The fourth-order valence-corrected chi connectivity index (χ4v) is 0.944. The van der Waals surface area contributed by atoms with Crippen molar-refractivity contribution in [3.05, 3.63) is 6.42 Å². The number of hydrogen-bond donors (Lipinski definition) is 0. The second-order valence-electron chi connectivity index (χ2n) is 2.47. The van der Waals surface area contributed by atoms with Crippen LogP contribution in [-0.4, -0.2) is 17.5 Å². The van der Waals surface area contributed by atoms with Crippen LogP contribution in [0, 0.1) is 6.42 Å². The third-order valence-corrected chi connectivity index (χ3v) is 1.73. The van der Waals surface area contributed by atoms with Crippen LogP contribution in [0.15, 0.2) is 0 Å². The predicted molar refractivity (Wildman–Crippen MR) is 28.3 cm³/mol. The topological polar surface area (TPSA) is 0 Å². The molecule has 1 aliphatic rings. The second kappa shape index (κ2) is 1.87. The molecule has 0 heterocycles. The Morgan fingerprint density at radius 1 is 1.00 bits per heavy atom. The van der Waals surface area contributed by atoms with Crippen molar-refractivity contribution < 1.29 is 22.0 Å². The van der Waals surface area contributed by atoms with Gasteiger partial charge in [0.05, 0.1) is 0 Å². The average molecular weight is 173 g/mol. The molecule has 5 heteroatoms. The van der Waals surface area contributed by atoms with E-state index in [1.54, 1.807) is 0 Å². The Morgan fingerprint density at radius 2 is 1.36 bits per heavy atom. The summed E-state index contributed by atoms with van der Waals surface area (Å²) in [6.45, 7) is 1.33. The minimum Gasteiger partial charge on any atom is -0.230 e. The third kappa shape index (κ3) is 0.688. The van der Waals surface area contributed by atoms with E-state index in [0.717, 1.165) is 0 Å². The van der Waals surface area contributed by atoms with E-state index in [0.29, 0.717) is 6.42 Å². The lowest BCUT2D eigenvalue weighted by molar-refractivity contribution is -0.0278. The van der Waals surface area contributed by atoms with E-state index in [9.17, 15) is 22.0 Å². The van der Waals surface area contributed by atoms with Crippen molar-refractivity contribution in [3.8, 4) is 0 Å². The maximum atomic E-state index is 12.5. The first-order valence-electron chi connectivity index (χ1n) is 3.10. The highest BCUT2D eigenvalue weighted by atomic mass is 19.3. The van der Waals surface area contributed by atoms with Crippen LogP contribution in [0.1, 0.15) is 13.3 Å². The molecule has 11 heavy (non-hydrogen) atoms. The van der Waals surface area contributed by atoms with Gasteiger partial charge < -0.3 is 0 Å². The van der Waals surface area contributed by atoms with Gasteiger partial charge in [-0.3, -0.25) is 0 Å². The molecule has 0 spiro atoms. The van der Waals surface area contributed by atoms with E-state index in [4.69, 9.17) is 0 Å². The fourth-order valence-electron chi connectivity index (χ4n) is 0.944. The molecule has 0 amide bonds. The number of rotatable bonds is 2. The van der Waals surface area contributed by atoms with Crippen LogP contribution < -0.4 is 0 Å². The van der Waals surface area contributed by atoms with E-state index >= 15 is 0 Å². The van der Waals surface area contributed by atoms with Crippen LogP contribution >= 0.6 is 0 Å². The summed E-state index contributed by atoms with van der Waals surface area (Å²) in [7, 11) is 0. The minimum absolute atomic E-state index is 0.137. The highest BCUT2D eigenvalue weighted by Crippen LogP contribution is 2.69. The molecule has 0 atom stereocenters. The molecule has 65 valence electrons. The molecule has 1 rings (SSSR count). The van der Waals surface area contributed by atoms with Crippen LogP contribution in [0.4, 0.5) is 22.0 Å². The van der Waals surface area contributed by atoms with Crippen LogP contribution in [0.25, 0.3) is 0 Å². The first kappa shape index (κ1) is 8.74. The standard InChI is InChI=1S/C6H6F5/c1-2-3-4(7)5(8,9)6(4,10)11/h3H,2H2,1H3. The molecule has 0 unspecified atom stereocenters. The summed E-state index contributed by atoms with van der Waals surface area (Å²) >= 11 is 0. The smallest absolute Gasteiger partial charge is 0.230 e. The number of hydrogen-bond acceptors (Lipinski definition) is 0. The molecule has 0 saturated heterocycles. The molecular weight excluding hydrogens is 167 g/mol. The van der Waals surface area contributed by atoms with Crippen molar-refractivity contribution in [2.24, 2.45) is 0 Å². The third-order valence-electron chi connectivity index (χ3n) is 1.73. The molecular formula is C6H6F5. The van der Waals surface area contributed by atoms with E-state index in [2.05, 4.69) is 0 Å². The van der Waals surface area contributed by atoms with Crippen molar-refractivity contribution in [1.82, 2.24) is 0 Å². The van der Waals surface area contributed by atoms with E-state index in [1.807, 2.05) is 0 Å². The lowest BCUT2D eigenvalue weighted by atomic mass is 10.2. The first-order chi connectivity index (χ1) is 4.81. The van der Waals surface area contributed by atoms with Crippen LogP contribution in [0.2, 0.25) is 0 Å². The number of alkyl halides is 5. The monoisotopic (exact) mass is 173 g/mol. The molecule has 0 aromatic heterocycles. The molecule has 0 nitrogen and oxygen atoms in total. The zero-order chi connectivity index (χ0) is 8.91. The van der Waals surface area contributed by atoms with Gasteiger partial charge >= 0.3 is 11.8 Å². The summed E-state index contributed by atoms with van der Waals surface area (Å²) in [4.78, 5) is 0. The zero-order valence-corrected chi connectivity index (χ0v) is 5.67. The van der Waals surface area contributed by atoms with Gasteiger partial charge in [-0.1, -0.05) is 6.92 Å². The molecule has 1 radical (unpaired) electrons. The van der Waals surface area contributed by atoms with Gasteiger partial charge in [0.15, 0.2) is 0 Å². The van der Waals surface area contributed by atoms with Crippen molar-refractivity contribution in [3.63, 3.8) is 0 Å². The van der Waals surface area contributed by atoms with Crippen molar-refractivity contribution in [1.29, 1.82) is 0 Å². The molecule has 1 saturated carbocycles. The Hall–Kier alpha value is -0.350. The minimum atomic E-state index is -4.50. The maximum absolute atomic E-state index is 12.5. The molecule has 0 N–H and O–H groups in total. The molecule has 0 aliphatic heterocycles. The first-order valence-corrected chi connectivity index (χ1v) is 3.10. The zero-order valence-electron chi connectivity index (χ0n) is 5.67. The van der Waals surface area contributed by atoms with E-state index in [-0.39, 0.29) is 6.42 Å². The molecule has 0 bridgehead atoms. The normalized spacial score (nSPS) is 30.0. The number of halogens is 5. The summed E-state index contributed by atoms with van der Waals surface area (Å²) in [6.07, 6.45) is 0.175. The van der Waals surface area contributed by atoms with Crippen molar-refractivity contribution in [2.75, 3.05) is 0 Å². The highest BCUT2D eigenvalue weighted by molar-refractivity contribution is 5.34. The van der Waals surface area contributed by atoms with Gasteiger partial charge in [0.2, 0.25) is 0 Å². The van der Waals surface area contributed by atoms with Crippen LogP contribution in [0.3, 0.4) is 0 Å². The average Bonchev–Trinajstić information content (AvgIpc) is 2.12. The van der Waals surface area contributed by atoms with Crippen LogP contribution in [0.5, 0.6) is 0 Å². The molecule has 0 aromatic rings. The second-order valence-corrected chi connectivity index (χ2v) is 2.47. The van der Waals surface area contributed by atoms with Gasteiger partial charge in [0.25, 0.3) is 5.67 Å². The van der Waals surface area contributed by atoms with Gasteiger partial charge in [-0.25, -0.2) is 4.39 Å². The lowest BCUT2D eigenvalue weighted by Gasteiger charge is -1.99. The van der Waals surface area contributed by atoms with Gasteiger partial charge in [0, 0.05) is 6.42 Å². The summed E-state index contributed by atoms with van der Waals surface area (Å²) in [5.74, 6) is -9.01. The fraction of sp³-hybridized carbons (Fsp3) is 0.833. The largest absolute Gasteiger partial charge is 0.353 e. The SMILES string of the molecule is CC[CH]C1(F)C(F)(F)C1(F)F. The molecule has 1 fully saturated rings. The van der Waals surface area contributed by atoms with Crippen molar-refractivity contribution in [2.45, 2.75) is 30.9 Å². The summed E-state index contributed by atoms with van der Waals surface area (Å²) in [5.41, 5.74) is -3.70. The van der Waals surface area contributed by atoms with Crippen molar-refractivity contribution >= 4 is 0 Å². The Labute approximate surface area is 60.4 Å². The Balaban J connectivity index is 2.78. The van der Waals surface area contributed by atoms with E-state index < -0.39 is 17.5 Å². The summed E-state index contributed by atoms with van der Waals surface area (Å²) in [5, 5.41) is 0.